The highest BCUT2D eigenvalue weighted by molar-refractivity contribution is 5.96. The van der Waals surface area contributed by atoms with E-state index in [9.17, 15) is 9.59 Å². The van der Waals surface area contributed by atoms with Crippen molar-refractivity contribution < 1.29 is 9.59 Å². The smallest absolute Gasteiger partial charge is 0.241 e. The van der Waals surface area contributed by atoms with E-state index in [0.29, 0.717) is 18.6 Å². The van der Waals surface area contributed by atoms with Crippen LogP contribution in [0.15, 0.2) is 24.3 Å². The van der Waals surface area contributed by atoms with Crippen LogP contribution in [0.3, 0.4) is 0 Å². The van der Waals surface area contributed by atoms with Gasteiger partial charge in [0.15, 0.2) is 0 Å². The van der Waals surface area contributed by atoms with E-state index < -0.39 is 0 Å². The van der Waals surface area contributed by atoms with Gasteiger partial charge in [-0.3, -0.25) is 14.5 Å². The van der Waals surface area contributed by atoms with E-state index >= 15 is 0 Å². The van der Waals surface area contributed by atoms with Crippen LogP contribution in [-0.4, -0.2) is 47.9 Å². The van der Waals surface area contributed by atoms with E-state index in [4.69, 9.17) is 0 Å². The van der Waals surface area contributed by atoms with Gasteiger partial charge in [-0.2, -0.15) is 0 Å². The fourth-order valence-corrected chi connectivity index (χ4v) is 5.18. The number of hydrogen-bond donors (Lipinski definition) is 1. The lowest BCUT2D eigenvalue weighted by atomic mass is 9.81. The highest BCUT2D eigenvalue weighted by atomic mass is 16.2. The van der Waals surface area contributed by atoms with Gasteiger partial charge in [0.05, 0.1) is 6.54 Å². The maximum Gasteiger partial charge on any atom is 0.241 e. The Morgan fingerprint density at radius 2 is 1.85 bits per heavy atom. The number of hydrogen-bond acceptors (Lipinski definition) is 3. The first-order chi connectivity index (χ1) is 12.6. The van der Waals surface area contributed by atoms with Crippen LogP contribution in [-0.2, 0) is 16.0 Å². The summed E-state index contributed by atoms with van der Waals surface area (Å²) in [6.45, 7) is 2.93. The lowest BCUT2D eigenvalue weighted by molar-refractivity contribution is -0.124. The highest BCUT2D eigenvalue weighted by Crippen LogP contribution is 2.34. The summed E-state index contributed by atoms with van der Waals surface area (Å²) in [5.41, 5.74) is 2.39. The molecule has 26 heavy (non-hydrogen) atoms. The second-order valence-corrected chi connectivity index (χ2v) is 8.06. The fraction of sp³-hybridized carbons (Fsp3) is 0.619. The number of rotatable bonds is 3. The summed E-state index contributed by atoms with van der Waals surface area (Å²) in [7, 11) is 0. The van der Waals surface area contributed by atoms with Gasteiger partial charge in [0.1, 0.15) is 0 Å². The van der Waals surface area contributed by atoms with Crippen LogP contribution >= 0.6 is 0 Å². The molecule has 1 aromatic rings. The first-order valence-corrected chi connectivity index (χ1v) is 10.0. The summed E-state index contributed by atoms with van der Waals surface area (Å²) in [6.07, 6.45) is 7.56. The average molecular weight is 355 g/mol. The van der Waals surface area contributed by atoms with E-state index in [1.165, 1.54) is 12.0 Å². The number of aryl methyl sites for hydroxylation is 1. The molecule has 2 amide bonds. The van der Waals surface area contributed by atoms with Crippen molar-refractivity contribution >= 4 is 17.5 Å². The zero-order valence-electron chi connectivity index (χ0n) is 15.6. The minimum Gasteiger partial charge on any atom is -0.353 e. The van der Waals surface area contributed by atoms with Crippen molar-refractivity contribution in [1.29, 1.82) is 0 Å². The molecule has 3 aliphatic heterocycles. The van der Waals surface area contributed by atoms with E-state index in [1.807, 2.05) is 11.0 Å². The molecule has 0 aliphatic carbocycles. The number of para-hydroxylation sites is 1. The van der Waals surface area contributed by atoms with Crippen molar-refractivity contribution in [2.45, 2.75) is 70.0 Å². The standard InChI is InChI=1S/C21H29N3O2/c1-15(25)22-17-12-18-8-4-9-19(13-17)24(18)14-21(26)23-11-5-7-16-6-2-3-10-20(16)23/h2-3,6,10,17-19H,4-5,7-9,11-14H2,1H3,(H,22,25). The lowest BCUT2D eigenvalue weighted by Gasteiger charge is -2.49. The van der Waals surface area contributed by atoms with E-state index in [1.54, 1.807) is 6.92 Å². The molecule has 3 aliphatic rings. The normalized spacial score (nSPS) is 28.3. The topological polar surface area (TPSA) is 52.7 Å². The summed E-state index contributed by atoms with van der Waals surface area (Å²) >= 11 is 0. The molecule has 0 saturated carbocycles. The van der Waals surface area contributed by atoms with Crippen LogP contribution in [0.1, 0.15) is 51.0 Å². The molecule has 1 aromatic carbocycles. The van der Waals surface area contributed by atoms with Gasteiger partial charge in [-0.25, -0.2) is 0 Å². The predicted molar refractivity (Wildman–Crippen MR) is 102 cm³/mol. The predicted octanol–water partition coefficient (Wildman–Crippen LogP) is 2.49. The zero-order valence-corrected chi connectivity index (χ0v) is 15.6. The molecule has 2 bridgehead atoms. The number of nitrogens with one attached hydrogen (secondary N) is 1. The Morgan fingerprint density at radius 3 is 2.58 bits per heavy atom. The molecule has 0 radical (unpaired) electrons. The van der Waals surface area contributed by atoms with Gasteiger partial charge >= 0.3 is 0 Å². The molecule has 1 N–H and O–H groups in total. The highest BCUT2D eigenvalue weighted by Gasteiger charge is 2.40. The van der Waals surface area contributed by atoms with Crippen LogP contribution in [0, 0.1) is 0 Å². The molecule has 2 saturated heterocycles. The zero-order chi connectivity index (χ0) is 18.1. The molecule has 4 rings (SSSR count). The van der Waals surface area contributed by atoms with Gasteiger partial charge in [-0.05, 0) is 50.2 Å². The molecule has 2 unspecified atom stereocenters. The number of nitrogens with zero attached hydrogens (tertiary/aromatic N) is 2. The van der Waals surface area contributed by atoms with Crippen molar-refractivity contribution in [3.8, 4) is 0 Å². The minimum absolute atomic E-state index is 0.0579. The van der Waals surface area contributed by atoms with Crippen molar-refractivity contribution in [3.63, 3.8) is 0 Å². The number of anilines is 1. The van der Waals surface area contributed by atoms with Crippen molar-refractivity contribution in [3.05, 3.63) is 29.8 Å². The first kappa shape index (κ1) is 17.5. The van der Waals surface area contributed by atoms with E-state index in [0.717, 1.165) is 50.8 Å². The number of piperidine rings is 2. The quantitative estimate of drug-likeness (QED) is 0.906. The number of carbonyl (C=O) groups is 2. The molecule has 140 valence electrons. The molecule has 2 fully saturated rings. The molecule has 0 spiro atoms. The monoisotopic (exact) mass is 355 g/mol. The lowest BCUT2D eigenvalue weighted by Crippen LogP contribution is -2.59. The second-order valence-electron chi connectivity index (χ2n) is 8.06. The summed E-state index contributed by atoms with van der Waals surface area (Å²) in [4.78, 5) is 29.0. The third-order valence-electron chi connectivity index (χ3n) is 6.26. The van der Waals surface area contributed by atoms with Gasteiger partial charge in [0.2, 0.25) is 11.8 Å². The van der Waals surface area contributed by atoms with Crippen LogP contribution in [0.4, 0.5) is 5.69 Å². The maximum atomic E-state index is 13.1. The van der Waals surface area contributed by atoms with Crippen LogP contribution in [0.5, 0.6) is 0 Å². The van der Waals surface area contributed by atoms with Crippen LogP contribution in [0.25, 0.3) is 0 Å². The Morgan fingerprint density at radius 1 is 1.12 bits per heavy atom. The van der Waals surface area contributed by atoms with Crippen LogP contribution in [0.2, 0.25) is 0 Å². The molecule has 0 aromatic heterocycles. The third-order valence-corrected chi connectivity index (χ3v) is 6.26. The van der Waals surface area contributed by atoms with Gasteiger partial charge in [0.25, 0.3) is 0 Å². The molecule has 5 nitrogen and oxygen atoms in total. The summed E-state index contributed by atoms with van der Waals surface area (Å²) in [5, 5.41) is 3.10. The third kappa shape index (κ3) is 3.50. The Bertz CT molecular complexity index is 676. The first-order valence-electron chi connectivity index (χ1n) is 10.0. The van der Waals surface area contributed by atoms with Crippen molar-refractivity contribution in [2.75, 3.05) is 18.0 Å². The molecule has 3 heterocycles. The summed E-state index contributed by atoms with van der Waals surface area (Å²) in [5.74, 6) is 0.287. The molecule has 5 heteroatoms. The maximum absolute atomic E-state index is 13.1. The van der Waals surface area contributed by atoms with E-state index in [2.05, 4.69) is 28.4 Å². The molecule has 2 atom stereocenters. The van der Waals surface area contributed by atoms with E-state index in [-0.39, 0.29) is 17.9 Å². The minimum atomic E-state index is 0.0579. The van der Waals surface area contributed by atoms with Gasteiger partial charge in [0, 0.05) is 37.3 Å². The molecular weight excluding hydrogens is 326 g/mol. The summed E-state index contributed by atoms with van der Waals surface area (Å²) < 4.78 is 0. The second kappa shape index (κ2) is 7.39. The number of fused-ring (bicyclic) bond motifs is 3. The fourth-order valence-electron chi connectivity index (χ4n) is 5.18. The molecular formula is C21H29N3O2. The van der Waals surface area contributed by atoms with Gasteiger partial charge in [-0.15, -0.1) is 0 Å². The van der Waals surface area contributed by atoms with Crippen molar-refractivity contribution in [1.82, 2.24) is 10.2 Å². The Kier molecular flexibility index (Phi) is 4.98. The van der Waals surface area contributed by atoms with Gasteiger partial charge in [-0.1, -0.05) is 24.6 Å². The number of carbonyl (C=O) groups excluding carboxylic acids is 2. The largest absolute Gasteiger partial charge is 0.353 e. The summed E-state index contributed by atoms with van der Waals surface area (Å²) in [6, 6.07) is 9.41. The number of amides is 2. The van der Waals surface area contributed by atoms with Crippen molar-refractivity contribution in [2.24, 2.45) is 0 Å². The Labute approximate surface area is 155 Å². The van der Waals surface area contributed by atoms with Crippen LogP contribution < -0.4 is 10.2 Å². The SMILES string of the molecule is CC(=O)NC1CC2CCCC(C1)N2CC(=O)N1CCCc2ccccc21. The Hall–Kier alpha value is -1.88. The van der Waals surface area contributed by atoms with Gasteiger partial charge < -0.3 is 10.2 Å². The average Bonchev–Trinajstić information content (AvgIpc) is 2.61. The Balaban J connectivity index is 1.46. The number of benzene rings is 1.